The summed E-state index contributed by atoms with van der Waals surface area (Å²) < 4.78 is 13.8. The van der Waals surface area contributed by atoms with Crippen LogP contribution in [-0.4, -0.2) is 29.1 Å². The molecule has 3 aromatic carbocycles. The highest BCUT2D eigenvalue weighted by atomic mass is 32.2. The Morgan fingerprint density at radius 3 is 2.66 bits per heavy atom. The number of anilines is 2. The molecule has 0 bridgehead atoms. The monoisotopic (exact) mass is 447 g/mol. The molecule has 3 amide bonds. The normalized spacial score (nSPS) is 19.5. The Kier molecular flexibility index (Phi) is 5.13. The molecule has 5 rings (SSSR count). The van der Waals surface area contributed by atoms with Gasteiger partial charge in [-0.15, -0.1) is 11.8 Å². The summed E-state index contributed by atoms with van der Waals surface area (Å²) in [6.07, 6.45) is 0. The van der Waals surface area contributed by atoms with Gasteiger partial charge < -0.3 is 10.2 Å². The number of fused-ring (bicyclic) bond motifs is 2. The number of thioether (sulfide) groups is 1. The third-order valence-corrected chi connectivity index (χ3v) is 7.30. The van der Waals surface area contributed by atoms with Crippen LogP contribution in [0.2, 0.25) is 0 Å². The topological polar surface area (TPSA) is 52.7 Å². The number of benzene rings is 3. The molecule has 2 aliphatic heterocycles. The molecule has 1 atom stereocenters. The number of carbonyl (C=O) groups excluding carboxylic acids is 2. The molecule has 2 aliphatic rings. The number of halogens is 1. The molecule has 0 aliphatic carbocycles. The number of hydrogen-bond acceptors (Lipinski definition) is 3. The summed E-state index contributed by atoms with van der Waals surface area (Å²) in [6.45, 7) is 2.68. The zero-order valence-corrected chi connectivity index (χ0v) is 18.4. The van der Waals surface area contributed by atoms with Crippen molar-refractivity contribution in [2.45, 2.75) is 18.3 Å². The summed E-state index contributed by atoms with van der Waals surface area (Å²) in [5.74, 6) is 0.130. The Bertz CT molecular complexity index is 1200. The Morgan fingerprint density at radius 2 is 1.88 bits per heavy atom. The first kappa shape index (κ1) is 20.6. The molecule has 2 heterocycles. The highest BCUT2D eigenvalue weighted by Gasteiger charge is 2.59. The Labute approximate surface area is 190 Å². The van der Waals surface area contributed by atoms with E-state index < -0.39 is 4.87 Å². The van der Waals surface area contributed by atoms with Gasteiger partial charge in [-0.1, -0.05) is 48.0 Å². The third kappa shape index (κ3) is 3.33. The third-order valence-electron chi connectivity index (χ3n) is 5.88. The molecule has 1 fully saturated rings. The van der Waals surface area contributed by atoms with Gasteiger partial charge >= 0.3 is 6.03 Å². The maximum atomic E-state index is 13.9. The number of aryl methyl sites for hydroxylation is 1. The standard InChI is InChI=1S/C25H22FN3O2S/c1-17-9-11-20(12-10-17)27-24(31)29-13-14-32-25(29)21-7-2-3-8-22(21)28(23(25)30)16-18-5-4-6-19(26)15-18/h2-12,15H,13-14,16H2,1H3,(H,27,31)/t25-/m1/s1. The lowest BCUT2D eigenvalue weighted by atomic mass is 10.1. The lowest BCUT2D eigenvalue weighted by Crippen LogP contribution is -2.51. The molecule has 0 aromatic heterocycles. The minimum Gasteiger partial charge on any atom is -0.308 e. The number of rotatable bonds is 3. The van der Waals surface area contributed by atoms with Crippen molar-refractivity contribution in [2.24, 2.45) is 0 Å². The van der Waals surface area contributed by atoms with Gasteiger partial charge in [-0.3, -0.25) is 9.69 Å². The van der Waals surface area contributed by atoms with E-state index in [0.717, 1.165) is 16.8 Å². The predicted octanol–water partition coefficient (Wildman–Crippen LogP) is 5.11. The molecule has 0 radical (unpaired) electrons. The van der Waals surface area contributed by atoms with Crippen molar-refractivity contribution in [3.8, 4) is 0 Å². The van der Waals surface area contributed by atoms with E-state index in [1.807, 2.05) is 55.5 Å². The van der Waals surface area contributed by atoms with Crippen LogP contribution in [0.25, 0.3) is 0 Å². The first-order valence-corrected chi connectivity index (χ1v) is 11.4. The first-order valence-electron chi connectivity index (χ1n) is 10.4. The van der Waals surface area contributed by atoms with Crippen molar-refractivity contribution in [1.82, 2.24) is 4.90 Å². The van der Waals surface area contributed by atoms with Gasteiger partial charge in [0, 0.05) is 23.5 Å². The summed E-state index contributed by atoms with van der Waals surface area (Å²) >= 11 is 1.47. The number of amides is 3. The zero-order valence-electron chi connectivity index (χ0n) is 17.5. The maximum absolute atomic E-state index is 13.9. The van der Waals surface area contributed by atoms with Crippen LogP contribution in [0, 0.1) is 12.7 Å². The van der Waals surface area contributed by atoms with Crippen molar-refractivity contribution < 1.29 is 14.0 Å². The lowest BCUT2D eigenvalue weighted by Gasteiger charge is -2.33. The predicted molar refractivity (Wildman–Crippen MR) is 125 cm³/mol. The van der Waals surface area contributed by atoms with E-state index in [2.05, 4.69) is 5.32 Å². The first-order chi connectivity index (χ1) is 15.5. The molecule has 0 saturated carbocycles. The van der Waals surface area contributed by atoms with Crippen LogP contribution >= 0.6 is 11.8 Å². The van der Waals surface area contributed by atoms with Crippen LogP contribution in [-0.2, 0) is 16.2 Å². The minimum atomic E-state index is -1.13. The van der Waals surface area contributed by atoms with E-state index in [1.54, 1.807) is 21.9 Å². The number of nitrogens with one attached hydrogen (secondary N) is 1. The molecular formula is C25H22FN3O2S. The minimum absolute atomic E-state index is 0.176. The van der Waals surface area contributed by atoms with E-state index in [1.165, 1.54) is 23.9 Å². The van der Waals surface area contributed by atoms with Crippen LogP contribution in [0.15, 0.2) is 72.8 Å². The van der Waals surface area contributed by atoms with Gasteiger partial charge in [0.15, 0.2) is 4.87 Å². The van der Waals surface area contributed by atoms with Gasteiger partial charge in [0.25, 0.3) is 5.91 Å². The van der Waals surface area contributed by atoms with Gasteiger partial charge in [0.05, 0.1) is 12.2 Å². The number of hydrogen-bond donors (Lipinski definition) is 1. The molecule has 3 aromatic rings. The Hall–Kier alpha value is -3.32. The summed E-state index contributed by atoms with van der Waals surface area (Å²) in [4.78, 5) is 29.3. The van der Waals surface area contributed by atoms with Gasteiger partial charge in [-0.2, -0.15) is 0 Å². The molecule has 1 saturated heterocycles. The Morgan fingerprint density at radius 1 is 1.09 bits per heavy atom. The van der Waals surface area contributed by atoms with Gasteiger partial charge in [0.1, 0.15) is 5.82 Å². The van der Waals surface area contributed by atoms with Crippen LogP contribution in [0.5, 0.6) is 0 Å². The van der Waals surface area contributed by atoms with Crippen molar-refractivity contribution >= 4 is 35.1 Å². The maximum Gasteiger partial charge on any atom is 0.323 e. The van der Waals surface area contributed by atoms with Crippen LogP contribution < -0.4 is 10.2 Å². The van der Waals surface area contributed by atoms with E-state index in [4.69, 9.17) is 0 Å². The molecule has 162 valence electrons. The van der Waals surface area contributed by atoms with Crippen molar-refractivity contribution in [3.05, 3.63) is 95.3 Å². The van der Waals surface area contributed by atoms with E-state index in [0.29, 0.717) is 23.5 Å². The molecule has 0 unspecified atom stereocenters. The van der Waals surface area contributed by atoms with Crippen molar-refractivity contribution in [1.29, 1.82) is 0 Å². The largest absolute Gasteiger partial charge is 0.323 e. The second-order valence-electron chi connectivity index (χ2n) is 7.98. The van der Waals surface area contributed by atoms with Crippen LogP contribution in [0.4, 0.5) is 20.6 Å². The average molecular weight is 448 g/mol. The number of urea groups is 1. The lowest BCUT2D eigenvalue weighted by molar-refractivity contribution is -0.123. The average Bonchev–Trinajstić information content (AvgIpc) is 3.33. The number of carbonyl (C=O) groups is 2. The van der Waals surface area contributed by atoms with Gasteiger partial charge in [0.2, 0.25) is 0 Å². The van der Waals surface area contributed by atoms with E-state index >= 15 is 0 Å². The van der Waals surface area contributed by atoms with Crippen LogP contribution in [0.1, 0.15) is 16.7 Å². The number of para-hydroxylation sites is 1. The fraction of sp³-hybridized carbons (Fsp3) is 0.200. The summed E-state index contributed by atoms with van der Waals surface area (Å²) in [5.41, 5.74) is 4.03. The quantitative estimate of drug-likeness (QED) is 0.607. The number of nitrogens with zero attached hydrogens (tertiary/aromatic N) is 2. The summed E-state index contributed by atoms with van der Waals surface area (Å²) in [7, 11) is 0. The zero-order chi connectivity index (χ0) is 22.3. The van der Waals surface area contributed by atoms with E-state index in [-0.39, 0.29) is 24.3 Å². The highest BCUT2D eigenvalue weighted by Crippen LogP contribution is 2.54. The molecule has 1 N–H and O–H groups in total. The molecule has 5 nitrogen and oxygen atoms in total. The van der Waals surface area contributed by atoms with Crippen molar-refractivity contribution in [3.63, 3.8) is 0 Å². The SMILES string of the molecule is Cc1ccc(NC(=O)N2CCS[C@]23C(=O)N(Cc2cccc(F)c2)c2ccccc23)cc1. The smallest absolute Gasteiger partial charge is 0.308 e. The van der Waals surface area contributed by atoms with Crippen LogP contribution in [0.3, 0.4) is 0 Å². The fourth-order valence-electron chi connectivity index (χ4n) is 4.37. The fourth-order valence-corrected chi connectivity index (χ4v) is 5.83. The second kappa shape index (κ2) is 7.98. The Balaban J connectivity index is 1.50. The van der Waals surface area contributed by atoms with Gasteiger partial charge in [-0.25, -0.2) is 9.18 Å². The van der Waals surface area contributed by atoms with E-state index in [9.17, 15) is 14.0 Å². The summed E-state index contributed by atoms with van der Waals surface area (Å²) in [5, 5.41) is 2.94. The second-order valence-corrected chi connectivity index (χ2v) is 9.27. The molecular weight excluding hydrogens is 425 g/mol. The van der Waals surface area contributed by atoms with Crippen molar-refractivity contribution in [2.75, 3.05) is 22.5 Å². The highest BCUT2D eigenvalue weighted by molar-refractivity contribution is 8.01. The molecule has 1 spiro atoms. The summed E-state index contributed by atoms with van der Waals surface area (Å²) in [6, 6.07) is 21.1. The molecule has 7 heteroatoms. The molecule has 32 heavy (non-hydrogen) atoms. The van der Waals surface area contributed by atoms with Gasteiger partial charge in [-0.05, 0) is 42.8 Å².